The highest BCUT2D eigenvalue weighted by atomic mass is 16.5. The van der Waals surface area contributed by atoms with Gasteiger partial charge in [-0.05, 0) is 48.7 Å². The molecule has 3 amide bonds. The molecule has 1 unspecified atom stereocenters. The largest absolute Gasteiger partial charge is 0.457 e. The summed E-state index contributed by atoms with van der Waals surface area (Å²) in [7, 11) is 0. The fraction of sp³-hybridized carbons (Fsp3) is 0.300. The van der Waals surface area contributed by atoms with Crippen LogP contribution in [0.25, 0.3) is 0 Å². The number of fused-ring (bicyclic) bond motifs is 1. The highest BCUT2D eigenvalue weighted by molar-refractivity contribution is 6.03. The highest BCUT2D eigenvalue weighted by Gasteiger charge is 2.33. The minimum Gasteiger partial charge on any atom is -0.457 e. The lowest BCUT2D eigenvalue weighted by molar-refractivity contribution is -0.117. The Morgan fingerprint density at radius 3 is 2.50 bits per heavy atom. The number of para-hydroxylation sites is 2. The normalized spacial score (nSPS) is 17.5. The SMILES string of the molecule is O=C(Nc1cccc(C(=O)OCc2ccccc2)c1)NC1CN(C2CCCCC2)c2ccccc2NC1=O. The van der Waals surface area contributed by atoms with E-state index in [1.807, 2.05) is 54.6 Å². The molecule has 0 spiro atoms. The van der Waals surface area contributed by atoms with Gasteiger partial charge in [0.15, 0.2) is 0 Å². The van der Waals surface area contributed by atoms with Crippen LogP contribution in [0.2, 0.25) is 0 Å². The molecule has 8 nitrogen and oxygen atoms in total. The van der Waals surface area contributed by atoms with Crippen molar-refractivity contribution >= 4 is 35.0 Å². The lowest BCUT2D eigenvalue weighted by Crippen LogP contribution is -2.52. The van der Waals surface area contributed by atoms with E-state index in [2.05, 4.69) is 20.9 Å². The van der Waals surface area contributed by atoms with Gasteiger partial charge in [-0.1, -0.05) is 67.8 Å². The van der Waals surface area contributed by atoms with Crippen molar-refractivity contribution in [2.45, 2.75) is 50.8 Å². The molecule has 38 heavy (non-hydrogen) atoms. The van der Waals surface area contributed by atoms with Crippen molar-refractivity contribution in [1.82, 2.24) is 5.32 Å². The van der Waals surface area contributed by atoms with Crippen LogP contribution in [0.5, 0.6) is 0 Å². The van der Waals surface area contributed by atoms with Crippen molar-refractivity contribution in [3.05, 3.63) is 90.0 Å². The second-order valence-electron chi connectivity index (χ2n) is 9.74. The van der Waals surface area contributed by atoms with Gasteiger partial charge in [0, 0.05) is 18.3 Å². The van der Waals surface area contributed by atoms with E-state index in [-0.39, 0.29) is 12.5 Å². The minimum absolute atomic E-state index is 0.161. The van der Waals surface area contributed by atoms with E-state index in [0.29, 0.717) is 23.8 Å². The van der Waals surface area contributed by atoms with Crippen molar-refractivity contribution in [3.63, 3.8) is 0 Å². The Balaban J connectivity index is 1.24. The predicted molar refractivity (Wildman–Crippen MR) is 147 cm³/mol. The summed E-state index contributed by atoms with van der Waals surface area (Å²) in [6.07, 6.45) is 5.68. The van der Waals surface area contributed by atoms with E-state index < -0.39 is 18.0 Å². The lowest BCUT2D eigenvalue weighted by Gasteiger charge is -2.37. The van der Waals surface area contributed by atoms with Crippen molar-refractivity contribution < 1.29 is 19.1 Å². The molecule has 1 heterocycles. The second-order valence-corrected chi connectivity index (χ2v) is 9.74. The molecule has 0 aromatic heterocycles. The number of anilines is 3. The van der Waals surface area contributed by atoms with Crippen LogP contribution in [0.1, 0.15) is 48.0 Å². The van der Waals surface area contributed by atoms with Crippen LogP contribution in [-0.4, -0.2) is 36.5 Å². The summed E-state index contributed by atoms with van der Waals surface area (Å²) in [5, 5.41) is 8.57. The highest BCUT2D eigenvalue weighted by Crippen LogP contribution is 2.34. The third-order valence-corrected chi connectivity index (χ3v) is 7.06. The average Bonchev–Trinajstić information content (AvgIpc) is 3.09. The van der Waals surface area contributed by atoms with E-state index in [0.717, 1.165) is 42.6 Å². The maximum absolute atomic E-state index is 13.1. The number of benzene rings is 3. The monoisotopic (exact) mass is 512 g/mol. The Bertz CT molecular complexity index is 1290. The molecule has 1 aliphatic carbocycles. The van der Waals surface area contributed by atoms with Crippen molar-refractivity contribution in [1.29, 1.82) is 0 Å². The lowest BCUT2D eigenvalue weighted by atomic mass is 9.93. The van der Waals surface area contributed by atoms with Crippen LogP contribution < -0.4 is 20.9 Å². The molecule has 3 aromatic rings. The third-order valence-electron chi connectivity index (χ3n) is 7.06. The average molecular weight is 513 g/mol. The van der Waals surface area contributed by atoms with Gasteiger partial charge in [-0.15, -0.1) is 0 Å². The summed E-state index contributed by atoms with van der Waals surface area (Å²) in [6, 6.07) is 22.8. The van der Waals surface area contributed by atoms with E-state index >= 15 is 0 Å². The number of nitrogens with zero attached hydrogens (tertiary/aromatic N) is 1. The molecule has 1 saturated carbocycles. The molecule has 3 aromatic carbocycles. The molecule has 3 N–H and O–H groups in total. The number of hydrogen-bond donors (Lipinski definition) is 3. The molecular weight excluding hydrogens is 480 g/mol. The number of esters is 1. The fourth-order valence-corrected chi connectivity index (χ4v) is 5.13. The van der Waals surface area contributed by atoms with Gasteiger partial charge in [0.05, 0.1) is 16.9 Å². The van der Waals surface area contributed by atoms with Gasteiger partial charge in [0.2, 0.25) is 5.91 Å². The van der Waals surface area contributed by atoms with Gasteiger partial charge in [-0.25, -0.2) is 9.59 Å². The molecule has 0 saturated heterocycles. The summed E-state index contributed by atoms with van der Waals surface area (Å²) in [4.78, 5) is 40.8. The van der Waals surface area contributed by atoms with Crippen molar-refractivity contribution in [3.8, 4) is 0 Å². The maximum atomic E-state index is 13.1. The summed E-state index contributed by atoms with van der Waals surface area (Å²) in [6.45, 7) is 0.543. The van der Waals surface area contributed by atoms with Crippen LogP contribution in [0.15, 0.2) is 78.9 Å². The smallest absolute Gasteiger partial charge is 0.338 e. The first kappa shape index (κ1) is 25.3. The predicted octanol–water partition coefficient (Wildman–Crippen LogP) is 5.33. The van der Waals surface area contributed by atoms with Gasteiger partial charge >= 0.3 is 12.0 Å². The van der Waals surface area contributed by atoms with E-state index in [4.69, 9.17) is 4.74 Å². The quantitative estimate of drug-likeness (QED) is 0.388. The fourth-order valence-electron chi connectivity index (χ4n) is 5.13. The van der Waals surface area contributed by atoms with Crippen LogP contribution in [0.4, 0.5) is 21.9 Å². The van der Waals surface area contributed by atoms with Gasteiger partial charge in [0.1, 0.15) is 12.6 Å². The van der Waals surface area contributed by atoms with Gasteiger partial charge in [0.25, 0.3) is 0 Å². The number of ether oxygens (including phenoxy) is 1. The van der Waals surface area contributed by atoms with E-state index in [9.17, 15) is 14.4 Å². The molecule has 196 valence electrons. The Hall–Kier alpha value is -4.33. The zero-order valence-electron chi connectivity index (χ0n) is 21.2. The number of nitrogens with one attached hydrogen (secondary N) is 3. The van der Waals surface area contributed by atoms with E-state index in [1.165, 1.54) is 6.42 Å². The minimum atomic E-state index is -0.747. The molecule has 1 fully saturated rings. The van der Waals surface area contributed by atoms with Crippen LogP contribution in [-0.2, 0) is 16.1 Å². The van der Waals surface area contributed by atoms with Crippen molar-refractivity contribution in [2.24, 2.45) is 0 Å². The molecule has 1 atom stereocenters. The zero-order valence-corrected chi connectivity index (χ0v) is 21.2. The third kappa shape index (κ3) is 6.14. The molecule has 0 radical (unpaired) electrons. The topological polar surface area (TPSA) is 99.8 Å². The van der Waals surface area contributed by atoms with Crippen LogP contribution in [0.3, 0.4) is 0 Å². The number of rotatable bonds is 6. The summed E-state index contributed by atoms with van der Waals surface area (Å²) >= 11 is 0. The van der Waals surface area contributed by atoms with E-state index in [1.54, 1.807) is 24.3 Å². The number of carbonyl (C=O) groups excluding carboxylic acids is 3. The standard InChI is InChI=1S/C30H32N4O4/c35-28-26(19-34(24-14-5-2-6-15-24)27-17-8-7-16-25(27)32-28)33-30(37)31-23-13-9-12-22(18-23)29(36)38-20-21-10-3-1-4-11-21/h1,3-4,7-13,16-18,24,26H,2,5-6,14-15,19-20H2,(H,32,35)(H2,31,33,37). The Kier molecular flexibility index (Phi) is 7.87. The molecule has 5 rings (SSSR count). The molecule has 8 heteroatoms. The first-order valence-corrected chi connectivity index (χ1v) is 13.1. The molecule has 0 bridgehead atoms. The molecule has 2 aliphatic rings. The summed E-state index contributed by atoms with van der Waals surface area (Å²) < 4.78 is 5.40. The number of urea groups is 1. The molecule has 1 aliphatic heterocycles. The van der Waals surface area contributed by atoms with Crippen molar-refractivity contribution in [2.75, 3.05) is 22.1 Å². The Labute approximate surface area is 222 Å². The number of carbonyl (C=O) groups is 3. The summed E-state index contributed by atoms with van der Waals surface area (Å²) in [5.74, 6) is -0.744. The summed E-state index contributed by atoms with van der Waals surface area (Å²) in [5.41, 5.74) is 3.39. The van der Waals surface area contributed by atoms with Crippen LogP contribution >= 0.6 is 0 Å². The second kappa shape index (κ2) is 11.8. The first-order chi connectivity index (χ1) is 18.6. The first-order valence-electron chi connectivity index (χ1n) is 13.1. The Morgan fingerprint density at radius 2 is 1.68 bits per heavy atom. The van der Waals surface area contributed by atoms with Gasteiger partial charge in [-0.3, -0.25) is 4.79 Å². The van der Waals surface area contributed by atoms with Gasteiger partial charge < -0.3 is 25.6 Å². The molecular formula is C30H32N4O4. The Morgan fingerprint density at radius 1 is 0.921 bits per heavy atom. The van der Waals surface area contributed by atoms with Gasteiger partial charge in [-0.2, -0.15) is 0 Å². The maximum Gasteiger partial charge on any atom is 0.338 e. The number of amides is 3. The van der Waals surface area contributed by atoms with Crippen LogP contribution in [0, 0.1) is 0 Å². The zero-order chi connectivity index (χ0) is 26.3. The number of hydrogen-bond acceptors (Lipinski definition) is 5.